The fraction of sp³-hybridized carbons (Fsp3) is 0.263. The largest absolute Gasteiger partial charge is 0.351 e. The van der Waals surface area contributed by atoms with Gasteiger partial charge in [-0.3, -0.25) is 9.59 Å². The number of hydrogen-bond donors (Lipinski definition) is 1. The minimum absolute atomic E-state index is 0.0419. The van der Waals surface area contributed by atoms with E-state index >= 15 is 0 Å². The Morgan fingerprint density at radius 1 is 1.35 bits per heavy atom. The Hall–Kier alpha value is -2.62. The van der Waals surface area contributed by atoms with Crippen LogP contribution in [0.1, 0.15) is 22.5 Å². The van der Waals surface area contributed by atoms with Gasteiger partial charge in [0.25, 0.3) is 5.91 Å². The minimum atomic E-state index is -0.396. The molecule has 2 atom stereocenters. The van der Waals surface area contributed by atoms with Crippen LogP contribution in [-0.4, -0.2) is 28.1 Å². The molecule has 2 unspecified atom stereocenters. The molecule has 1 aromatic heterocycles. The van der Waals surface area contributed by atoms with Crippen LogP contribution in [0, 0.1) is 18.3 Å². The van der Waals surface area contributed by atoms with E-state index in [0.717, 1.165) is 23.0 Å². The molecule has 2 fully saturated rings. The molecule has 0 radical (unpaired) electrons. The zero-order valence-corrected chi connectivity index (χ0v) is 12.8. The number of rotatable bonds is 1. The summed E-state index contributed by atoms with van der Waals surface area (Å²) in [5.74, 6) is 0.407. The van der Waals surface area contributed by atoms with Crippen LogP contribution in [0.5, 0.6) is 0 Å². The van der Waals surface area contributed by atoms with Crippen LogP contribution in [0.25, 0.3) is 10.9 Å². The molecule has 4 nitrogen and oxygen atoms in total. The standard InChI is InChI=1S/C19H16N2O2/c1-11-5-6-14-12(7-11)8-15(20-14)18(23)21-10-13-9-19(13)16(21)3-2-4-17(19)22/h2-8,13,20H,9-10H2,1H3. The zero-order valence-electron chi connectivity index (χ0n) is 12.8. The van der Waals surface area contributed by atoms with Gasteiger partial charge in [0.1, 0.15) is 5.69 Å². The van der Waals surface area contributed by atoms with Gasteiger partial charge in [-0.2, -0.15) is 0 Å². The van der Waals surface area contributed by atoms with Crippen LogP contribution in [0.4, 0.5) is 0 Å². The molecular weight excluding hydrogens is 288 g/mol. The molecule has 23 heavy (non-hydrogen) atoms. The lowest BCUT2D eigenvalue weighted by Crippen LogP contribution is -2.32. The molecule has 4 heteroatoms. The number of benzene rings is 1. The maximum atomic E-state index is 12.9. The second kappa shape index (κ2) is 4.02. The van der Waals surface area contributed by atoms with E-state index in [1.165, 1.54) is 5.56 Å². The van der Waals surface area contributed by atoms with Crippen LogP contribution in [0.3, 0.4) is 0 Å². The molecule has 1 aliphatic heterocycles. The maximum absolute atomic E-state index is 12.9. The van der Waals surface area contributed by atoms with Crippen molar-refractivity contribution < 1.29 is 9.59 Å². The van der Waals surface area contributed by atoms with Gasteiger partial charge in [-0.25, -0.2) is 0 Å². The molecule has 1 saturated carbocycles. The summed E-state index contributed by atoms with van der Waals surface area (Å²) in [4.78, 5) is 30.2. The topological polar surface area (TPSA) is 53.2 Å². The lowest BCUT2D eigenvalue weighted by molar-refractivity contribution is -0.118. The number of piperidine rings is 1. The molecule has 2 aliphatic carbocycles. The number of H-pyrrole nitrogens is 1. The number of aryl methyl sites for hydroxylation is 1. The number of amides is 1. The normalized spacial score (nSPS) is 27.9. The lowest BCUT2D eigenvalue weighted by atomic mass is 9.91. The van der Waals surface area contributed by atoms with Crippen LogP contribution in [-0.2, 0) is 4.79 Å². The molecule has 1 N–H and O–H groups in total. The van der Waals surface area contributed by atoms with Gasteiger partial charge >= 0.3 is 0 Å². The van der Waals surface area contributed by atoms with E-state index in [2.05, 4.69) is 11.1 Å². The summed E-state index contributed by atoms with van der Waals surface area (Å²) in [6, 6.07) is 8.00. The number of fused-ring (bicyclic) bond motifs is 1. The number of likely N-dealkylation sites (tertiary alicyclic amines) is 1. The molecule has 0 bridgehead atoms. The highest BCUT2D eigenvalue weighted by Gasteiger charge is 2.68. The smallest absolute Gasteiger partial charge is 0.274 e. The molecule has 1 aromatic carbocycles. The molecule has 114 valence electrons. The number of carbonyl (C=O) groups is 2. The number of nitrogens with zero attached hydrogens (tertiary/aromatic N) is 1. The molecular formula is C19H16N2O2. The summed E-state index contributed by atoms with van der Waals surface area (Å²) in [6.07, 6.45) is 6.22. The molecule has 1 saturated heterocycles. The Labute approximate surface area is 133 Å². The van der Waals surface area contributed by atoms with Crippen molar-refractivity contribution in [2.75, 3.05) is 6.54 Å². The Morgan fingerprint density at radius 2 is 2.22 bits per heavy atom. The number of carbonyl (C=O) groups excluding carboxylic acids is 2. The first-order chi connectivity index (χ1) is 11.1. The number of aromatic nitrogens is 1. The Balaban J connectivity index is 1.54. The van der Waals surface area contributed by atoms with E-state index in [1.54, 1.807) is 17.1 Å². The van der Waals surface area contributed by atoms with Gasteiger partial charge in [-0.05, 0) is 49.6 Å². The van der Waals surface area contributed by atoms with Gasteiger partial charge in [-0.15, -0.1) is 0 Å². The fourth-order valence-electron chi connectivity index (χ4n) is 4.17. The van der Waals surface area contributed by atoms with Gasteiger partial charge in [0.15, 0.2) is 5.78 Å². The number of nitrogens with one attached hydrogen (secondary N) is 1. The van der Waals surface area contributed by atoms with Crippen molar-refractivity contribution in [2.24, 2.45) is 11.3 Å². The van der Waals surface area contributed by atoms with Gasteiger partial charge in [0.2, 0.25) is 0 Å². The first-order valence-electron chi connectivity index (χ1n) is 7.94. The monoisotopic (exact) mass is 304 g/mol. The molecule has 1 amide bonds. The summed E-state index contributed by atoms with van der Waals surface area (Å²) in [6.45, 7) is 2.68. The van der Waals surface area contributed by atoms with Crippen LogP contribution >= 0.6 is 0 Å². The number of allylic oxidation sites excluding steroid dienone is 4. The van der Waals surface area contributed by atoms with E-state index in [4.69, 9.17) is 0 Å². The van der Waals surface area contributed by atoms with Crippen molar-refractivity contribution in [3.05, 3.63) is 59.4 Å². The highest BCUT2D eigenvalue weighted by atomic mass is 16.2. The first kappa shape index (κ1) is 12.9. The summed E-state index contributed by atoms with van der Waals surface area (Å²) < 4.78 is 0. The fourth-order valence-corrected chi connectivity index (χ4v) is 4.17. The van der Waals surface area contributed by atoms with E-state index in [1.807, 2.05) is 31.2 Å². The zero-order chi connectivity index (χ0) is 15.8. The molecule has 1 spiro atoms. The van der Waals surface area contributed by atoms with Crippen molar-refractivity contribution in [1.29, 1.82) is 0 Å². The summed E-state index contributed by atoms with van der Waals surface area (Å²) >= 11 is 0. The number of ketones is 1. The van der Waals surface area contributed by atoms with Crippen molar-refractivity contribution in [1.82, 2.24) is 9.88 Å². The third kappa shape index (κ3) is 1.55. The lowest BCUT2D eigenvalue weighted by Gasteiger charge is -2.24. The van der Waals surface area contributed by atoms with Crippen LogP contribution in [0.2, 0.25) is 0 Å². The van der Waals surface area contributed by atoms with E-state index in [0.29, 0.717) is 18.2 Å². The SMILES string of the molecule is Cc1ccc2[nH]c(C(=O)N3CC4CC45C(=O)C=CC=C35)cc2c1. The summed E-state index contributed by atoms with van der Waals surface area (Å²) in [5.41, 5.74) is 3.21. The van der Waals surface area contributed by atoms with E-state index in [-0.39, 0.29) is 11.7 Å². The summed E-state index contributed by atoms with van der Waals surface area (Å²) in [5, 5.41) is 1.04. The highest BCUT2D eigenvalue weighted by molar-refractivity contribution is 6.05. The summed E-state index contributed by atoms with van der Waals surface area (Å²) in [7, 11) is 0. The molecule has 5 rings (SSSR count). The van der Waals surface area contributed by atoms with Gasteiger partial charge in [0.05, 0.1) is 5.41 Å². The maximum Gasteiger partial charge on any atom is 0.274 e. The predicted octanol–water partition coefficient (Wildman–Crippen LogP) is 2.96. The number of aromatic amines is 1. The highest BCUT2D eigenvalue weighted by Crippen LogP contribution is 2.65. The van der Waals surface area contributed by atoms with E-state index in [9.17, 15) is 9.59 Å². The average molecular weight is 304 g/mol. The third-order valence-electron chi connectivity index (χ3n) is 5.45. The van der Waals surface area contributed by atoms with Gasteiger partial charge in [-0.1, -0.05) is 17.7 Å². The molecule has 2 aromatic rings. The molecule has 2 heterocycles. The third-order valence-corrected chi connectivity index (χ3v) is 5.45. The Bertz CT molecular complexity index is 949. The average Bonchev–Trinajstić information content (AvgIpc) is 2.93. The van der Waals surface area contributed by atoms with Crippen molar-refractivity contribution in [2.45, 2.75) is 13.3 Å². The van der Waals surface area contributed by atoms with E-state index < -0.39 is 5.41 Å². The van der Waals surface area contributed by atoms with Crippen LogP contribution < -0.4 is 0 Å². The minimum Gasteiger partial charge on any atom is -0.351 e. The van der Waals surface area contributed by atoms with Crippen molar-refractivity contribution >= 4 is 22.6 Å². The van der Waals surface area contributed by atoms with Gasteiger partial charge < -0.3 is 9.88 Å². The predicted molar refractivity (Wildman–Crippen MR) is 86.8 cm³/mol. The van der Waals surface area contributed by atoms with Crippen LogP contribution in [0.15, 0.2) is 48.2 Å². The Morgan fingerprint density at radius 3 is 3.09 bits per heavy atom. The Kier molecular flexibility index (Phi) is 2.25. The first-order valence-corrected chi connectivity index (χ1v) is 7.94. The van der Waals surface area contributed by atoms with Crippen molar-refractivity contribution in [3.63, 3.8) is 0 Å². The van der Waals surface area contributed by atoms with Gasteiger partial charge in [0, 0.05) is 23.1 Å². The number of hydrogen-bond acceptors (Lipinski definition) is 2. The second-order valence-corrected chi connectivity index (χ2v) is 6.84. The van der Waals surface area contributed by atoms with Crippen molar-refractivity contribution in [3.8, 4) is 0 Å². The quantitative estimate of drug-likeness (QED) is 0.880. The molecule has 3 aliphatic rings. The second-order valence-electron chi connectivity index (χ2n) is 6.84.